The molecule has 1 fully saturated rings. The first-order chi connectivity index (χ1) is 19.1. The van der Waals surface area contributed by atoms with Gasteiger partial charge in [-0.05, 0) is 34.7 Å². The van der Waals surface area contributed by atoms with Crippen molar-refractivity contribution in [2.24, 2.45) is 5.92 Å². The zero-order valence-electron chi connectivity index (χ0n) is 27.8. The minimum atomic E-state index is -2.44. The van der Waals surface area contributed by atoms with Gasteiger partial charge in [-0.1, -0.05) is 98.8 Å². The summed E-state index contributed by atoms with van der Waals surface area (Å²) >= 11 is 0. The van der Waals surface area contributed by atoms with Crippen molar-refractivity contribution < 1.29 is 19.0 Å². The summed E-state index contributed by atoms with van der Waals surface area (Å²) in [7, 11) is -4.58. The van der Waals surface area contributed by atoms with Crippen molar-refractivity contribution in [3.8, 4) is 0 Å². The van der Waals surface area contributed by atoms with Crippen LogP contribution in [0, 0.1) is 5.92 Å². The Hall–Kier alpha value is -1.83. The number of benzene rings is 1. The molecule has 42 heavy (non-hydrogen) atoms. The van der Waals surface area contributed by atoms with Crippen molar-refractivity contribution in [1.82, 2.24) is 9.55 Å². The first-order valence-corrected chi connectivity index (χ1v) is 21.1. The molecule has 10 heteroatoms. The molecule has 1 saturated heterocycles. The van der Waals surface area contributed by atoms with Crippen molar-refractivity contribution >= 4 is 16.4 Å². The fourth-order valence-electron chi connectivity index (χ4n) is 5.24. The molecule has 0 amide bonds. The van der Waals surface area contributed by atoms with Gasteiger partial charge >= 0.3 is 5.69 Å². The smallest absolute Gasteiger partial charge is 0.330 e. The SMILES string of the molecule is CC(C)C(OCc1cn([C@H]2C[C@@](O)([Si](C)(C)C(C)(C)C)[C@@H](CO[Si](C)(C)C(C)(C)C)O2)c(=O)[nH]c1=O)c1ccccc1. The summed E-state index contributed by atoms with van der Waals surface area (Å²) in [6.45, 7) is 26.2. The van der Waals surface area contributed by atoms with E-state index in [-0.39, 0.29) is 41.7 Å². The van der Waals surface area contributed by atoms with Gasteiger partial charge in [-0.2, -0.15) is 0 Å². The van der Waals surface area contributed by atoms with Crippen molar-refractivity contribution in [2.75, 3.05) is 6.61 Å². The van der Waals surface area contributed by atoms with Crippen LogP contribution in [0.15, 0.2) is 46.1 Å². The van der Waals surface area contributed by atoms with E-state index in [2.05, 4.69) is 86.6 Å². The van der Waals surface area contributed by atoms with Crippen LogP contribution in [0.3, 0.4) is 0 Å². The molecule has 1 aromatic heterocycles. The van der Waals surface area contributed by atoms with Crippen LogP contribution >= 0.6 is 0 Å². The van der Waals surface area contributed by atoms with E-state index in [0.29, 0.717) is 5.56 Å². The summed E-state index contributed by atoms with van der Waals surface area (Å²) in [5.74, 6) is 0.178. The lowest BCUT2D eigenvalue weighted by molar-refractivity contribution is -0.0572. The molecule has 2 N–H and O–H groups in total. The van der Waals surface area contributed by atoms with E-state index in [1.54, 1.807) is 0 Å². The van der Waals surface area contributed by atoms with Crippen molar-refractivity contribution in [3.05, 3.63) is 68.5 Å². The molecule has 8 nitrogen and oxygen atoms in total. The van der Waals surface area contributed by atoms with Crippen molar-refractivity contribution in [2.45, 2.75) is 128 Å². The third-order valence-electron chi connectivity index (χ3n) is 10.2. The highest BCUT2D eigenvalue weighted by Crippen LogP contribution is 2.51. The molecular weight excluding hydrogens is 565 g/mol. The standard InChI is InChI=1S/C32H54N2O6Si2/c1-22(2)27(23-16-14-13-15-17-23)38-20-24-19-34(29(36)33-28(24)35)26-18-32(37,41(9,10)30(3,4)5)25(40-26)21-39-42(11,12)31(6,7)8/h13-17,19,22,25-27,37H,18,20-21H2,1-12H3,(H,33,35,36)/t25-,26-,27?,32-/m1/s1. The molecule has 1 unspecified atom stereocenters. The number of aromatic nitrogens is 2. The Morgan fingerprint density at radius 3 is 2.17 bits per heavy atom. The van der Waals surface area contributed by atoms with Crippen LogP contribution in [0.4, 0.5) is 0 Å². The van der Waals surface area contributed by atoms with Crippen molar-refractivity contribution in [1.29, 1.82) is 0 Å². The molecule has 1 aliphatic heterocycles. The molecular formula is C32H54N2O6Si2. The number of ether oxygens (including phenoxy) is 2. The summed E-state index contributed by atoms with van der Waals surface area (Å²) < 4.78 is 20.8. The Morgan fingerprint density at radius 1 is 1.05 bits per heavy atom. The van der Waals surface area contributed by atoms with Gasteiger partial charge in [0.25, 0.3) is 5.56 Å². The van der Waals surface area contributed by atoms with Crippen LogP contribution in [0.5, 0.6) is 0 Å². The molecule has 1 aliphatic rings. The number of aromatic amines is 1. The number of aliphatic hydroxyl groups is 1. The molecule has 2 aromatic rings. The maximum Gasteiger partial charge on any atom is 0.330 e. The number of rotatable bonds is 10. The Kier molecular flexibility index (Phi) is 10.1. The van der Waals surface area contributed by atoms with Gasteiger partial charge in [-0.25, -0.2) is 4.79 Å². The first kappa shape index (κ1) is 34.7. The second kappa shape index (κ2) is 12.3. The number of nitrogens with zero attached hydrogens (tertiary/aromatic N) is 1. The highest BCUT2D eigenvalue weighted by atomic mass is 28.4. The van der Waals surface area contributed by atoms with Crippen LogP contribution in [0.25, 0.3) is 0 Å². The van der Waals surface area contributed by atoms with Gasteiger partial charge in [0.05, 0.1) is 38.2 Å². The molecule has 4 atom stereocenters. The zero-order chi connectivity index (χ0) is 31.9. The van der Waals surface area contributed by atoms with Crippen LogP contribution in [-0.4, -0.2) is 49.0 Å². The van der Waals surface area contributed by atoms with E-state index < -0.39 is 45.2 Å². The largest absolute Gasteiger partial charge is 0.414 e. The third-order valence-corrected chi connectivity index (χ3v) is 21.1. The Labute approximate surface area is 254 Å². The number of hydrogen-bond acceptors (Lipinski definition) is 6. The van der Waals surface area contributed by atoms with Crippen LogP contribution in [0.1, 0.15) is 85.3 Å². The summed E-state index contributed by atoms with van der Waals surface area (Å²) in [4.78, 5) is 28.5. The Morgan fingerprint density at radius 2 is 1.64 bits per heavy atom. The summed E-state index contributed by atoms with van der Waals surface area (Å²) in [5.41, 5.74) is 0.306. The molecule has 0 bridgehead atoms. The van der Waals surface area contributed by atoms with Gasteiger partial charge in [0.1, 0.15) is 12.3 Å². The molecule has 0 aliphatic carbocycles. The van der Waals surface area contributed by atoms with Gasteiger partial charge in [-0.3, -0.25) is 14.3 Å². The lowest BCUT2D eigenvalue weighted by atomic mass is 9.99. The minimum absolute atomic E-state index is 0.00154. The number of nitrogens with one attached hydrogen (secondary N) is 1. The highest BCUT2D eigenvalue weighted by molar-refractivity contribution is 6.83. The molecule has 0 spiro atoms. The van der Waals surface area contributed by atoms with E-state index in [0.717, 1.165) is 5.56 Å². The summed E-state index contributed by atoms with van der Waals surface area (Å²) in [6.07, 6.45) is 0.195. The summed E-state index contributed by atoms with van der Waals surface area (Å²) in [6, 6.07) is 9.91. The van der Waals surface area contributed by atoms with Gasteiger partial charge in [0.15, 0.2) is 8.32 Å². The molecule has 236 valence electrons. The van der Waals surface area contributed by atoms with Gasteiger partial charge in [-0.15, -0.1) is 0 Å². The summed E-state index contributed by atoms with van der Waals surface area (Å²) in [5, 5.41) is 11.2. The van der Waals surface area contributed by atoms with E-state index >= 15 is 0 Å². The number of H-pyrrole nitrogens is 1. The average Bonchev–Trinajstić information content (AvgIpc) is 3.21. The van der Waals surface area contributed by atoms with Gasteiger partial charge < -0.3 is 19.0 Å². The second-order valence-electron chi connectivity index (χ2n) is 15.4. The van der Waals surface area contributed by atoms with E-state index in [1.165, 1.54) is 10.8 Å². The average molecular weight is 619 g/mol. The Bertz CT molecular complexity index is 1320. The molecule has 0 radical (unpaired) electrons. The lowest BCUT2D eigenvalue weighted by Crippen LogP contribution is -2.65. The predicted molar refractivity (Wildman–Crippen MR) is 174 cm³/mol. The van der Waals surface area contributed by atoms with Crippen LogP contribution < -0.4 is 11.2 Å². The maximum absolute atomic E-state index is 13.2. The first-order valence-electron chi connectivity index (χ1n) is 15.1. The quantitative estimate of drug-likeness (QED) is 0.293. The molecule has 0 saturated carbocycles. The minimum Gasteiger partial charge on any atom is -0.414 e. The van der Waals surface area contributed by atoms with E-state index in [1.807, 2.05) is 30.3 Å². The van der Waals surface area contributed by atoms with Crippen LogP contribution in [0.2, 0.25) is 36.3 Å². The van der Waals surface area contributed by atoms with Crippen LogP contribution in [-0.2, 0) is 20.5 Å². The van der Waals surface area contributed by atoms with Gasteiger partial charge in [0.2, 0.25) is 0 Å². The second-order valence-corrected chi connectivity index (χ2v) is 25.8. The predicted octanol–water partition coefficient (Wildman–Crippen LogP) is 6.54. The van der Waals surface area contributed by atoms with E-state index in [9.17, 15) is 14.7 Å². The maximum atomic E-state index is 13.2. The zero-order valence-corrected chi connectivity index (χ0v) is 29.8. The van der Waals surface area contributed by atoms with Gasteiger partial charge in [0, 0.05) is 12.6 Å². The molecule has 3 rings (SSSR count). The normalized spacial score (nSPS) is 23.0. The monoisotopic (exact) mass is 618 g/mol. The topological polar surface area (TPSA) is 103 Å². The van der Waals surface area contributed by atoms with E-state index in [4.69, 9.17) is 13.9 Å². The highest BCUT2D eigenvalue weighted by Gasteiger charge is 2.62. The number of hydrogen-bond donors (Lipinski definition) is 2. The van der Waals surface area contributed by atoms with Crippen molar-refractivity contribution in [3.63, 3.8) is 0 Å². The third kappa shape index (κ3) is 6.94. The fourth-order valence-corrected chi connectivity index (χ4v) is 9.18. The molecule has 1 aromatic carbocycles. The Balaban J connectivity index is 1.96. The fraction of sp³-hybridized carbons (Fsp3) is 0.688. The molecule has 2 heterocycles. The lowest BCUT2D eigenvalue weighted by Gasteiger charge is -2.49.